The minimum absolute atomic E-state index is 0.235. The minimum Gasteiger partial charge on any atom is -0.492 e. The van der Waals surface area contributed by atoms with Crippen LogP contribution in [0.5, 0.6) is 5.75 Å². The Hall–Kier alpha value is -3.44. The molecule has 3 aromatic rings. The zero-order chi connectivity index (χ0) is 26.4. The van der Waals surface area contributed by atoms with Crippen LogP contribution in [-0.4, -0.2) is 107 Å². The third-order valence-electron chi connectivity index (χ3n) is 7.95. The first kappa shape index (κ1) is 25.8. The second-order valence-electron chi connectivity index (χ2n) is 10.4. The Kier molecular flexibility index (Phi) is 8.05. The van der Waals surface area contributed by atoms with Crippen LogP contribution < -0.4 is 15.0 Å². The molecule has 5 heterocycles. The molecule has 2 aromatic heterocycles. The highest BCUT2D eigenvalue weighted by molar-refractivity contribution is 5.84. The number of morpholine rings is 1. The van der Waals surface area contributed by atoms with Gasteiger partial charge in [0.25, 0.3) is 0 Å². The molecule has 11 nitrogen and oxygen atoms in total. The molecular formula is C28H38N8O3. The van der Waals surface area contributed by atoms with Gasteiger partial charge in [-0.05, 0) is 31.4 Å². The first-order valence-electron chi connectivity index (χ1n) is 14.2. The minimum atomic E-state index is 0.235. The van der Waals surface area contributed by atoms with Gasteiger partial charge < -0.3 is 29.2 Å². The van der Waals surface area contributed by atoms with Crippen molar-refractivity contribution >= 4 is 28.8 Å². The summed E-state index contributed by atoms with van der Waals surface area (Å²) in [4.78, 5) is 33.6. The molecule has 0 aliphatic carbocycles. The summed E-state index contributed by atoms with van der Waals surface area (Å²) < 4.78 is 13.5. The number of hydrogen-bond donors (Lipinski definition) is 1. The van der Waals surface area contributed by atoms with Crippen molar-refractivity contribution in [1.29, 1.82) is 0 Å². The third kappa shape index (κ3) is 6.09. The number of benzene rings is 1. The smallest absolute Gasteiger partial charge is 0.229 e. The third-order valence-corrected chi connectivity index (χ3v) is 7.95. The van der Waals surface area contributed by atoms with Gasteiger partial charge in [-0.3, -0.25) is 9.69 Å². The molecule has 3 fully saturated rings. The summed E-state index contributed by atoms with van der Waals surface area (Å²) in [5.74, 6) is 2.53. The van der Waals surface area contributed by atoms with Crippen LogP contribution in [0.25, 0.3) is 11.2 Å². The Balaban J connectivity index is 1.17. The summed E-state index contributed by atoms with van der Waals surface area (Å²) in [5.41, 5.74) is 1.54. The highest BCUT2D eigenvalue weighted by Crippen LogP contribution is 2.26. The van der Waals surface area contributed by atoms with E-state index in [1.165, 1.54) is 0 Å². The maximum absolute atomic E-state index is 12.1. The number of nitrogens with zero attached hydrogens (tertiary/aromatic N) is 7. The summed E-state index contributed by atoms with van der Waals surface area (Å²) >= 11 is 0. The Labute approximate surface area is 229 Å². The van der Waals surface area contributed by atoms with Crippen molar-refractivity contribution in [3.05, 3.63) is 36.7 Å². The molecule has 11 heteroatoms. The number of rotatable bonds is 10. The molecule has 0 saturated carbocycles. The maximum atomic E-state index is 12.1. The molecule has 0 atom stereocenters. The van der Waals surface area contributed by atoms with Crippen molar-refractivity contribution in [3.63, 3.8) is 0 Å². The first-order chi connectivity index (χ1) is 19.2. The molecule has 0 radical (unpaired) electrons. The first-order valence-corrected chi connectivity index (χ1v) is 14.2. The van der Waals surface area contributed by atoms with E-state index in [4.69, 9.17) is 19.4 Å². The van der Waals surface area contributed by atoms with Crippen molar-refractivity contribution < 1.29 is 14.3 Å². The molecule has 1 N–H and O–H groups in total. The van der Waals surface area contributed by atoms with Gasteiger partial charge in [0.2, 0.25) is 11.9 Å². The van der Waals surface area contributed by atoms with E-state index in [0.29, 0.717) is 38.7 Å². The van der Waals surface area contributed by atoms with E-state index in [0.717, 1.165) is 93.9 Å². The molecule has 208 valence electrons. The van der Waals surface area contributed by atoms with Gasteiger partial charge in [0.1, 0.15) is 12.4 Å². The lowest BCUT2D eigenvalue weighted by atomic mass is 10.0. The van der Waals surface area contributed by atoms with Crippen molar-refractivity contribution in [2.45, 2.75) is 38.3 Å². The number of piperidine rings is 1. The number of fused-ring (bicyclic) bond motifs is 1. The molecule has 3 aliphatic rings. The number of ether oxygens (including phenoxy) is 2. The van der Waals surface area contributed by atoms with E-state index < -0.39 is 0 Å². The number of anilines is 2. The monoisotopic (exact) mass is 534 g/mol. The lowest BCUT2D eigenvalue weighted by molar-refractivity contribution is -0.127. The lowest BCUT2D eigenvalue weighted by Crippen LogP contribution is -2.49. The van der Waals surface area contributed by atoms with E-state index in [1.54, 1.807) is 0 Å². The average Bonchev–Trinajstić information content (AvgIpc) is 3.60. The number of aromatic nitrogens is 4. The number of hydrogen-bond acceptors (Lipinski definition) is 9. The van der Waals surface area contributed by atoms with Crippen molar-refractivity contribution in [1.82, 2.24) is 29.3 Å². The Morgan fingerprint density at radius 1 is 1.00 bits per heavy atom. The predicted molar refractivity (Wildman–Crippen MR) is 149 cm³/mol. The van der Waals surface area contributed by atoms with E-state index in [1.807, 2.05) is 41.6 Å². The highest BCUT2D eigenvalue weighted by atomic mass is 16.5. The molecule has 0 unspecified atom stereocenters. The number of imidazole rings is 1. The molecular weight excluding hydrogens is 496 g/mol. The molecule has 0 spiro atoms. The summed E-state index contributed by atoms with van der Waals surface area (Å²) in [5, 5.41) is 3.45. The second kappa shape index (κ2) is 12.2. The Morgan fingerprint density at radius 2 is 1.82 bits per heavy atom. The number of amides is 1. The number of nitrogens with one attached hydrogen (secondary N) is 1. The molecule has 3 saturated heterocycles. The van der Waals surface area contributed by atoms with Crippen LogP contribution >= 0.6 is 0 Å². The number of carbonyl (C=O) groups is 1. The quantitative estimate of drug-likeness (QED) is 0.393. The fourth-order valence-corrected chi connectivity index (χ4v) is 5.76. The van der Waals surface area contributed by atoms with Gasteiger partial charge in [-0.25, -0.2) is 4.98 Å². The number of carbonyl (C=O) groups excluding carboxylic acids is 1. The van der Waals surface area contributed by atoms with Crippen LogP contribution in [0, 0.1) is 0 Å². The summed E-state index contributed by atoms with van der Waals surface area (Å²) in [6.45, 7) is 8.79. The van der Waals surface area contributed by atoms with Crippen molar-refractivity contribution in [3.8, 4) is 5.75 Å². The summed E-state index contributed by atoms with van der Waals surface area (Å²) in [6.07, 6.45) is 5.59. The van der Waals surface area contributed by atoms with Crippen LogP contribution in [0.2, 0.25) is 0 Å². The largest absolute Gasteiger partial charge is 0.492 e. The molecule has 1 aromatic carbocycles. The van der Waals surface area contributed by atoms with E-state index in [9.17, 15) is 4.79 Å². The topological polar surface area (TPSA) is 101 Å². The van der Waals surface area contributed by atoms with Gasteiger partial charge in [0.15, 0.2) is 17.0 Å². The highest BCUT2D eigenvalue weighted by Gasteiger charge is 2.28. The summed E-state index contributed by atoms with van der Waals surface area (Å²) in [6, 6.07) is 10.4. The van der Waals surface area contributed by atoms with Gasteiger partial charge in [-0.2, -0.15) is 9.97 Å². The molecule has 3 aliphatic heterocycles. The van der Waals surface area contributed by atoms with Gasteiger partial charge in [0, 0.05) is 58.3 Å². The van der Waals surface area contributed by atoms with E-state index in [-0.39, 0.29) is 5.91 Å². The molecule has 39 heavy (non-hydrogen) atoms. The van der Waals surface area contributed by atoms with Crippen LogP contribution in [0.1, 0.15) is 25.7 Å². The van der Waals surface area contributed by atoms with E-state index in [2.05, 4.69) is 24.7 Å². The normalized spacial score (nSPS) is 19.2. The lowest BCUT2D eigenvalue weighted by Gasteiger charge is -2.40. The molecule has 1 amide bonds. The van der Waals surface area contributed by atoms with Crippen LogP contribution in [0.15, 0.2) is 36.7 Å². The van der Waals surface area contributed by atoms with Gasteiger partial charge in [-0.15, -0.1) is 0 Å². The Bertz CT molecular complexity index is 1240. The van der Waals surface area contributed by atoms with E-state index >= 15 is 0 Å². The standard InChI is InChI=1S/C28H38N8O3/c37-24-7-4-11-34(24)14-15-36-21-30-25-26(29-10-18-39-23-5-2-1-3-6-23)31-28(32-27(25)36)35-12-8-22(9-13-35)33-16-19-38-20-17-33/h1-3,5-6,21-22H,4,7-20H2,(H,29,31,32). The average molecular weight is 535 g/mol. The van der Waals surface area contributed by atoms with Crippen LogP contribution in [0.4, 0.5) is 11.8 Å². The zero-order valence-electron chi connectivity index (χ0n) is 22.5. The van der Waals surface area contributed by atoms with Gasteiger partial charge >= 0.3 is 0 Å². The molecule has 0 bridgehead atoms. The predicted octanol–water partition coefficient (Wildman–Crippen LogP) is 2.24. The van der Waals surface area contributed by atoms with Gasteiger partial charge in [-0.1, -0.05) is 18.2 Å². The molecule has 6 rings (SSSR count). The second-order valence-corrected chi connectivity index (χ2v) is 10.4. The summed E-state index contributed by atoms with van der Waals surface area (Å²) in [7, 11) is 0. The number of para-hydroxylation sites is 1. The Morgan fingerprint density at radius 3 is 2.59 bits per heavy atom. The van der Waals surface area contributed by atoms with Gasteiger partial charge in [0.05, 0.1) is 26.1 Å². The van der Waals surface area contributed by atoms with Crippen LogP contribution in [0.3, 0.4) is 0 Å². The fourth-order valence-electron chi connectivity index (χ4n) is 5.76. The zero-order valence-corrected chi connectivity index (χ0v) is 22.5. The number of likely N-dealkylation sites (tertiary alicyclic amines) is 1. The van der Waals surface area contributed by atoms with Crippen molar-refractivity contribution in [2.24, 2.45) is 0 Å². The SMILES string of the molecule is O=C1CCCN1CCn1cnc2c(NCCOc3ccccc3)nc(N3CCC(N4CCOCC4)CC3)nc21. The van der Waals surface area contributed by atoms with Crippen LogP contribution in [-0.2, 0) is 16.1 Å². The fraction of sp³-hybridized carbons (Fsp3) is 0.571. The van der Waals surface area contributed by atoms with Crippen molar-refractivity contribution in [2.75, 3.05) is 75.9 Å². The maximum Gasteiger partial charge on any atom is 0.229 e.